The minimum atomic E-state index is -0.183. The molecular weight excluding hydrogens is 375 g/mol. The standard InChI is InChI=1S/C21H23FN4OS/c1-13-19-16(11-18(14-7-8-14)24-20(19)26(2)25-13)21(27)23-9-10-28-12-15-5-3-4-6-17(15)22/h3-6,11,14H,7-10,12H2,1-2H3,(H,23,27). The number of hydrogen-bond acceptors (Lipinski definition) is 4. The molecule has 0 radical (unpaired) electrons. The lowest BCUT2D eigenvalue weighted by atomic mass is 10.1. The van der Waals surface area contributed by atoms with Crippen molar-refractivity contribution in [1.82, 2.24) is 20.1 Å². The van der Waals surface area contributed by atoms with Gasteiger partial charge in [-0.05, 0) is 37.5 Å². The third-order valence-corrected chi connectivity index (χ3v) is 5.98. The van der Waals surface area contributed by atoms with Gasteiger partial charge in [-0.1, -0.05) is 18.2 Å². The van der Waals surface area contributed by atoms with Crippen molar-refractivity contribution in [2.45, 2.75) is 31.4 Å². The van der Waals surface area contributed by atoms with Crippen LogP contribution in [0.5, 0.6) is 0 Å². The summed E-state index contributed by atoms with van der Waals surface area (Å²) >= 11 is 1.60. The number of pyridine rings is 1. The molecule has 0 aliphatic heterocycles. The van der Waals surface area contributed by atoms with Crippen molar-refractivity contribution in [2.75, 3.05) is 12.3 Å². The molecule has 0 atom stereocenters. The van der Waals surface area contributed by atoms with Gasteiger partial charge in [0.2, 0.25) is 0 Å². The number of amides is 1. The van der Waals surface area contributed by atoms with Crippen LogP contribution in [0.1, 0.15) is 46.1 Å². The number of aromatic nitrogens is 3. The van der Waals surface area contributed by atoms with Gasteiger partial charge in [0.05, 0.1) is 16.6 Å². The molecule has 7 heteroatoms. The normalized spacial score (nSPS) is 13.8. The first-order valence-corrected chi connectivity index (χ1v) is 10.6. The van der Waals surface area contributed by atoms with Gasteiger partial charge in [0, 0.05) is 36.7 Å². The molecule has 1 N–H and O–H groups in total. The van der Waals surface area contributed by atoms with Gasteiger partial charge in [-0.25, -0.2) is 9.37 Å². The molecule has 0 spiro atoms. The molecule has 1 aliphatic rings. The molecule has 146 valence electrons. The van der Waals surface area contributed by atoms with Crippen molar-refractivity contribution in [3.8, 4) is 0 Å². The summed E-state index contributed by atoms with van der Waals surface area (Å²) in [6, 6.07) is 8.72. The maximum atomic E-state index is 13.6. The van der Waals surface area contributed by atoms with Gasteiger partial charge in [0.25, 0.3) is 5.91 Å². The van der Waals surface area contributed by atoms with E-state index >= 15 is 0 Å². The highest BCUT2D eigenvalue weighted by molar-refractivity contribution is 7.98. The SMILES string of the molecule is Cc1nn(C)c2nc(C3CC3)cc(C(=O)NCCSCc3ccccc3F)c12. The second-order valence-electron chi connectivity index (χ2n) is 7.18. The lowest BCUT2D eigenvalue weighted by molar-refractivity contribution is 0.0957. The lowest BCUT2D eigenvalue weighted by Crippen LogP contribution is -2.26. The Hall–Kier alpha value is -2.41. The van der Waals surface area contributed by atoms with Gasteiger partial charge in [0.15, 0.2) is 5.65 Å². The van der Waals surface area contributed by atoms with E-state index < -0.39 is 0 Å². The molecule has 0 unspecified atom stereocenters. The van der Waals surface area contributed by atoms with Crippen molar-refractivity contribution >= 4 is 28.7 Å². The van der Waals surface area contributed by atoms with Gasteiger partial charge in [-0.3, -0.25) is 9.48 Å². The number of halogens is 1. The van der Waals surface area contributed by atoms with Gasteiger partial charge < -0.3 is 5.32 Å². The first-order chi connectivity index (χ1) is 13.5. The van der Waals surface area contributed by atoms with Crippen LogP contribution < -0.4 is 5.32 Å². The van der Waals surface area contributed by atoms with Crippen molar-refractivity contribution in [2.24, 2.45) is 7.05 Å². The van der Waals surface area contributed by atoms with Crippen molar-refractivity contribution in [3.63, 3.8) is 0 Å². The Morgan fingerprint density at radius 2 is 2.14 bits per heavy atom. The zero-order valence-corrected chi connectivity index (χ0v) is 16.9. The molecule has 0 saturated heterocycles. The number of hydrogen-bond donors (Lipinski definition) is 1. The predicted molar refractivity (Wildman–Crippen MR) is 110 cm³/mol. The van der Waals surface area contributed by atoms with Crippen molar-refractivity contribution in [1.29, 1.82) is 0 Å². The molecule has 1 saturated carbocycles. The number of aryl methyl sites for hydroxylation is 2. The predicted octanol–water partition coefficient (Wildman–Crippen LogP) is 3.96. The van der Waals surface area contributed by atoms with E-state index in [2.05, 4.69) is 10.4 Å². The minimum absolute atomic E-state index is 0.100. The third kappa shape index (κ3) is 3.90. The fourth-order valence-corrected chi connectivity index (χ4v) is 4.21. The summed E-state index contributed by atoms with van der Waals surface area (Å²) < 4.78 is 15.4. The third-order valence-electron chi connectivity index (χ3n) is 4.98. The maximum absolute atomic E-state index is 13.6. The molecule has 5 nitrogen and oxygen atoms in total. The smallest absolute Gasteiger partial charge is 0.252 e. The summed E-state index contributed by atoms with van der Waals surface area (Å²) in [5, 5.41) is 8.26. The molecule has 0 bridgehead atoms. The summed E-state index contributed by atoms with van der Waals surface area (Å²) in [7, 11) is 1.86. The van der Waals surface area contributed by atoms with E-state index in [1.54, 1.807) is 28.6 Å². The molecule has 2 heterocycles. The van der Waals surface area contributed by atoms with Crippen LogP contribution >= 0.6 is 11.8 Å². The number of thioether (sulfide) groups is 1. The largest absolute Gasteiger partial charge is 0.351 e. The minimum Gasteiger partial charge on any atom is -0.351 e. The lowest BCUT2D eigenvalue weighted by Gasteiger charge is -2.09. The topological polar surface area (TPSA) is 59.8 Å². The highest BCUT2D eigenvalue weighted by atomic mass is 32.2. The summed E-state index contributed by atoms with van der Waals surface area (Å²) in [5.74, 6) is 1.49. The molecular formula is C21H23FN4OS. The summed E-state index contributed by atoms with van der Waals surface area (Å²) in [5.41, 5.74) is 3.90. The molecule has 1 aromatic carbocycles. The summed E-state index contributed by atoms with van der Waals surface area (Å²) in [6.45, 7) is 2.43. The number of benzene rings is 1. The zero-order chi connectivity index (χ0) is 19.7. The van der Waals surface area contributed by atoms with E-state index in [0.717, 1.165) is 41.0 Å². The monoisotopic (exact) mass is 398 g/mol. The van der Waals surface area contributed by atoms with E-state index in [1.807, 2.05) is 26.1 Å². The Morgan fingerprint density at radius 3 is 2.89 bits per heavy atom. The van der Waals surface area contributed by atoms with Gasteiger partial charge in [-0.15, -0.1) is 0 Å². The van der Waals surface area contributed by atoms with Crippen LogP contribution in [0.3, 0.4) is 0 Å². The number of nitrogens with zero attached hydrogens (tertiary/aromatic N) is 3. The van der Waals surface area contributed by atoms with E-state index in [0.29, 0.717) is 29.3 Å². The molecule has 4 rings (SSSR count). The van der Waals surface area contributed by atoms with Gasteiger partial charge in [0.1, 0.15) is 5.82 Å². The second-order valence-corrected chi connectivity index (χ2v) is 8.28. The van der Waals surface area contributed by atoms with Gasteiger partial charge in [-0.2, -0.15) is 16.9 Å². The Morgan fingerprint density at radius 1 is 1.36 bits per heavy atom. The van der Waals surface area contributed by atoms with Crippen LogP contribution in [0, 0.1) is 12.7 Å². The Labute approximate surface area is 167 Å². The number of rotatable bonds is 7. The highest BCUT2D eigenvalue weighted by Gasteiger charge is 2.28. The van der Waals surface area contributed by atoms with E-state index in [4.69, 9.17) is 4.98 Å². The van der Waals surface area contributed by atoms with E-state index in [9.17, 15) is 9.18 Å². The molecule has 2 aromatic heterocycles. The van der Waals surface area contributed by atoms with Crippen LogP contribution in [-0.2, 0) is 12.8 Å². The van der Waals surface area contributed by atoms with Crippen molar-refractivity contribution < 1.29 is 9.18 Å². The highest BCUT2D eigenvalue weighted by Crippen LogP contribution is 2.40. The Kier molecular flexibility index (Phi) is 5.35. The van der Waals surface area contributed by atoms with Gasteiger partial charge >= 0.3 is 0 Å². The average Bonchev–Trinajstić information content (AvgIpc) is 3.49. The Bertz CT molecular complexity index is 1030. The van der Waals surface area contributed by atoms with Crippen LogP contribution in [-0.4, -0.2) is 33.0 Å². The van der Waals surface area contributed by atoms with E-state index in [1.165, 1.54) is 6.07 Å². The number of carbonyl (C=O) groups is 1. The fraction of sp³-hybridized carbons (Fsp3) is 0.381. The molecule has 1 aliphatic carbocycles. The first kappa shape index (κ1) is 18.9. The summed E-state index contributed by atoms with van der Waals surface area (Å²) in [6.07, 6.45) is 2.26. The second kappa shape index (κ2) is 7.91. The molecule has 1 fully saturated rings. The zero-order valence-electron chi connectivity index (χ0n) is 16.0. The fourth-order valence-electron chi connectivity index (χ4n) is 3.36. The van der Waals surface area contributed by atoms with E-state index in [-0.39, 0.29) is 11.7 Å². The molecule has 1 amide bonds. The molecule has 3 aromatic rings. The van der Waals surface area contributed by atoms with Crippen LogP contribution in [0.25, 0.3) is 11.0 Å². The number of nitrogens with one attached hydrogen (secondary N) is 1. The van der Waals surface area contributed by atoms with Crippen LogP contribution in [0.4, 0.5) is 4.39 Å². The maximum Gasteiger partial charge on any atom is 0.252 e. The number of fused-ring (bicyclic) bond motifs is 1. The Balaban J connectivity index is 1.42. The van der Waals surface area contributed by atoms with Crippen LogP contribution in [0.15, 0.2) is 30.3 Å². The number of carbonyl (C=O) groups excluding carboxylic acids is 1. The first-order valence-electron chi connectivity index (χ1n) is 9.48. The molecule has 28 heavy (non-hydrogen) atoms. The van der Waals surface area contributed by atoms with Crippen molar-refractivity contribution in [3.05, 3.63) is 58.7 Å². The summed E-state index contributed by atoms with van der Waals surface area (Å²) in [4.78, 5) is 17.6. The average molecular weight is 399 g/mol. The van der Waals surface area contributed by atoms with Crippen LogP contribution in [0.2, 0.25) is 0 Å². The quantitative estimate of drug-likeness (QED) is 0.612.